The minimum atomic E-state index is -0.734. The Kier molecular flexibility index (Phi) is 3.73. The molecule has 2 aliphatic carbocycles. The van der Waals surface area contributed by atoms with Crippen LogP contribution in [0, 0.1) is 11.3 Å². The van der Waals surface area contributed by atoms with Gasteiger partial charge in [0, 0.05) is 18.9 Å². The smallest absolute Gasteiger partial charge is 0.240 e. The molecular weight excluding hydrogens is 270 g/mol. The lowest BCUT2D eigenvalue weighted by Gasteiger charge is -2.20. The van der Waals surface area contributed by atoms with Crippen LogP contribution in [-0.2, 0) is 14.4 Å². The molecule has 2 amide bonds. The van der Waals surface area contributed by atoms with E-state index in [9.17, 15) is 14.4 Å². The summed E-state index contributed by atoms with van der Waals surface area (Å²) in [5.74, 6) is -0.657. The number of ketones is 1. The zero-order valence-electron chi connectivity index (χ0n) is 12.2. The topological polar surface area (TPSA) is 101 Å². The average Bonchev–Trinajstić information content (AvgIpc) is 2.86. The van der Waals surface area contributed by atoms with Gasteiger partial charge in [-0.1, -0.05) is 0 Å². The molecule has 0 aromatic heterocycles. The monoisotopic (exact) mass is 293 g/mol. The summed E-state index contributed by atoms with van der Waals surface area (Å²) in [7, 11) is 0. The highest BCUT2D eigenvalue weighted by Crippen LogP contribution is 2.51. The van der Waals surface area contributed by atoms with Crippen LogP contribution in [0.4, 0.5) is 0 Å². The minimum absolute atomic E-state index is 0.130. The number of hydrogen-bond acceptors (Lipinski definition) is 4. The lowest BCUT2D eigenvalue weighted by atomic mass is 9.96. The van der Waals surface area contributed by atoms with Crippen LogP contribution in [0.25, 0.3) is 0 Å². The minimum Gasteiger partial charge on any atom is -0.368 e. The van der Waals surface area contributed by atoms with Gasteiger partial charge in [0.05, 0.1) is 6.04 Å². The zero-order chi connectivity index (χ0) is 15.0. The first-order chi connectivity index (χ1) is 9.99. The largest absolute Gasteiger partial charge is 0.368 e. The quantitative estimate of drug-likeness (QED) is 0.656. The molecule has 116 valence electrons. The highest BCUT2D eigenvalue weighted by atomic mass is 16.2. The van der Waals surface area contributed by atoms with Gasteiger partial charge in [-0.2, -0.15) is 0 Å². The molecule has 2 saturated carbocycles. The Morgan fingerprint density at radius 1 is 1.43 bits per heavy atom. The molecule has 3 atom stereocenters. The van der Waals surface area contributed by atoms with Gasteiger partial charge in [0.15, 0.2) is 0 Å². The number of carbonyl (C=O) groups excluding carboxylic acids is 3. The summed E-state index contributed by atoms with van der Waals surface area (Å²) >= 11 is 0. The van der Waals surface area contributed by atoms with Crippen LogP contribution in [0.15, 0.2) is 0 Å². The number of primary amides is 1. The van der Waals surface area contributed by atoms with Crippen LogP contribution in [-0.4, -0.2) is 36.2 Å². The second kappa shape index (κ2) is 5.40. The van der Waals surface area contributed by atoms with E-state index < -0.39 is 11.9 Å². The van der Waals surface area contributed by atoms with Gasteiger partial charge in [0.1, 0.15) is 11.8 Å². The van der Waals surface area contributed by atoms with E-state index >= 15 is 0 Å². The standard InChI is InChI=1S/C15H23N3O3/c16-13(20)10(6-9-2-1-3-12(9)19)18-14(21)11-7-15(4-5-15)8-17-11/h9-11,17H,1-8H2,(H2,16,20)(H,18,21)/t9-,10-,11-/m0/s1. The summed E-state index contributed by atoms with van der Waals surface area (Å²) < 4.78 is 0. The molecule has 1 spiro atoms. The van der Waals surface area contributed by atoms with E-state index in [0.717, 1.165) is 25.8 Å². The van der Waals surface area contributed by atoms with E-state index in [0.29, 0.717) is 18.3 Å². The van der Waals surface area contributed by atoms with Crippen molar-refractivity contribution in [3.63, 3.8) is 0 Å². The van der Waals surface area contributed by atoms with Gasteiger partial charge < -0.3 is 16.4 Å². The molecule has 0 aromatic carbocycles. The van der Waals surface area contributed by atoms with Crippen molar-refractivity contribution >= 4 is 17.6 Å². The summed E-state index contributed by atoms with van der Waals surface area (Å²) in [4.78, 5) is 35.5. The number of amides is 2. The summed E-state index contributed by atoms with van der Waals surface area (Å²) in [5, 5.41) is 5.97. The second-order valence-corrected chi connectivity index (χ2v) is 6.89. The van der Waals surface area contributed by atoms with Crippen LogP contribution < -0.4 is 16.4 Å². The maximum atomic E-state index is 12.3. The highest BCUT2D eigenvalue weighted by Gasteiger charge is 2.50. The summed E-state index contributed by atoms with van der Waals surface area (Å²) in [6.45, 7) is 0.882. The van der Waals surface area contributed by atoms with Crippen molar-refractivity contribution in [3.8, 4) is 0 Å². The van der Waals surface area contributed by atoms with Crippen LogP contribution in [0.5, 0.6) is 0 Å². The molecular formula is C15H23N3O3. The van der Waals surface area contributed by atoms with Crippen LogP contribution in [0.3, 0.4) is 0 Å². The van der Waals surface area contributed by atoms with Gasteiger partial charge in [0.25, 0.3) is 0 Å². The molecule has 1 heterocycles. The van der Waals surface area contributed by atoms with Gasteiger partial charge >= 0.3 is 0 Å². The maximum absolute atomic E-state index is 12.3. The highest BCUT2D eigenvalue weighted by molar-refractivity contribution is 5.90. The van der Waals surface area contributed by atoms with Gasteiger partial charge in [-0.25, -0.2) is 0 Å². The van der Waals surface area contributed by atoms with Gasteiger partial charge in [-0.3, -0.25) is 14.4 Å². The summed E-state index contributed by atoms with van der Waals surface area (Å²) in [5.41, 5.74) is 5.71. The van der Waals surface area contributed by atoms with Gasteiger partial charge in [-0.15, -0.1) is 0 Å². The number of Topliss-reactive ketones (excluding diaryl/α,β-unsaturated/α-hetero) is 1. The molecule has 1 aliphatic heterocycles. The Morgan fingerprint density at radius 3 is 2.71 bits per heavy atom. The first kappa shape index (κ1) is 14.5. The fourth-order valence-electron chi connectivity index (χ4n) is 3.60. The van der Waals surface area contributed by atoms with Crippen LogP contribution in [0.1, 0.15) is 44.9 Å². The fraction of sp³-hybridized carbons (Fsp3) is 0.800. The van der Waals surface area contributed by atoms with Crippen LogP contribution >= 0.6 is 0 Å². The van der Waals surface area contributed by atoms with E-state index in [4.69, 9.17) is 5.73 Å². The summed E-state index contributed by atoms with van der Waals surface area (Å²) in [6, 6.07) is -0.962. The third-order valence-corrected chi connectivity index (χ3v) is 5.25. The summed E-state index contributed by atoms with van der Waals surface area (Å²) in [6.07, 6.45) is 5.79. The maximum Gasteiger partial charge on any atom is 0.240 e. The van der Waals surface area contributed by atoms with E-state index in [1.54, 1.807) is 0 Å². The fourth-order valence-corrected chi connectivity index (χ4v) is 3.60. The molecule has 1 saturated heterocycles. The van der Waals surface area contributed by atoms with Crippen molar-refractivity contribution in [1.29, 1.82) is 0 Å². The predicted octanol–water partition coefficient (Wildman–Crippen LogP) is -0.142. The predicted molar refractivity (Wildman–Crippen MR) is 76.2 cm³/mol. The second-order valence-electron chi connectivity index (χ2n) is 6.89. The Balaban J connectivity index is 1.55. The Hall–Kier alpha value is -1.43. The van der Waals surface area contributed by atoms with Crippen molar-refractivity contribution in [3.05, 3.63) is 0 Å². The molecule has 3 fully saturated rings. The van der Waals surface area contributed by atoms with Crippen molar-refractivity contribution in [2.75, 3.05) is 6.54 Å². The molecule has 0 unspecified atom stereocenters. The Bertz CT molecular complexity index is 473. The number of hydrogen-bond donors (Lipinski definition) is 3. The van der Waals surface area contributed by atoms with Crippen molar-refractivity contribution < 1.29 is 14.4 Å². The Labute approximate surface area is 124 Å². The van der Waals surface area contributed by atoms with Crippen LogP contribution in [0.2, 0.25) is 0 Å². The molecule has 3 rings (SSSR count). The van der Waals surface area contributed by atoms with Crippen molar-refractivity contribution in [2.45, 2.75) is 57.0 Å². The van der Waals surface area contributed by atoms with Gasteiger partial charge in [-0.05, 0) is 43.9 Å². The number of rotatable bonds is 5. The number of nitrogens with two attached hydrogens (primary N) is 1. The molecule has 21 heavy (non-hydrogen) atoms. The van der Waals surface area contributed by atoms with E-state index in [1.165, 1.54) is 12.8 Å². The number of carbonyl (C=O) groups is 3. The van der Waals surface area contributed by atoms with Crippen molar-refractivity contribution in [2.24, 2.45) is 17.1 Å². The molecule has 6 heteroatoms. The SMILES string of the molecule is NC(=O)[C@H](C[C@@H]1CCCC1=O)NC(=O)[C@@H]1CC2(CC2)CN1. The number of nitrogens with one attached hydrogen (secondary N) is 2. The molecule has 0 aromatic rings. The molecule has 0 radical (unpaired) electrons. The van der Waals surface area contributed by atoms with E-state index in [2.05, 4.69) is 10.6 Å². The lowest BCUT2D eigenvalue weighted by Crippen LogP contribution is -2.51. The molecule has 6 nitrogen and oxygen atoms in total. The third kappa shape index (κ3) is 3.10. The molecule has 4 N–H and O–H groups in total. The Morgan fingerprint density at radius 2 is 2.19 bits per heavy atom. The first-order valence-corrected chi connectivity index (χ1v) is 7.85. The zero-order valence-corrected chi connectivity index (χ0v) is 12.2. The third-order valence-electron chi connectivity index (χ3n) is 5.25. The molecule has 3 aliphatic rings. The van der Waals surface area contributed by atoms with E-state index in [1.807, 2.05) is 0 Å². The lowest BCUT2D eigenvalue weighted by molar-refractivity contribution is -0.129. The van der Waals surface area contributed by atoms with Gasteiger partial charge in [0.2, 0.25) is 11.8 Å². The first-order valence-electron chi connectivity index (χ1n) is 7.85. The van der Waals surface area contributed by atoms with Crippen molar-refractivity contribution in [1.82, 2.24) is 10.6 Å². The normalized spacial score (nSPS) is 31.3. The average molecular weight is 293 g/mol. The van der Waals surface area contributed by atoms with E-state index in [-0.39, 0.29) is 23.7 Å². The molecule has 0 bridgehead atoms.